The summed E-state index contributed by atoms with van der Waals surface area (Å²) < 4.78 is 0. The van der Waals surface area contributed by atoms with E-state index >= 15 is 0 Å². The van der Waals surface area contributed by atoms with Crippen LogP contribution < -0.4 is 0 Å². The third kappa shape index (κ3) is 3.87. The van der Waals surface area contributed by atoms with Crippen molar-refractivity contribution in [3.05, 3.63) is 81.9 Å². The van der Waals surface area contributed by atoms with Crippen molar-refractivity contribution in [2.75, 3.05) is 0 Å². The van der Waals surface area contributed by atoms with Crippen LogP contribution in [0.1, 0.15) is 41.5 Å². The molecule has 0 N–H and O–H groups in total. The van der Waals surface area contributed by atoms with E-state index in [0.29, 0.717) is 0 Å². The van der Waals surface area contributed by atoms with Gasteiger partial charge in [-0.05, 0) is 56.4 Å². The van der Waals surface area contributed by atoms with Crippen molar-refractivity contribution in [2.45, 2.75) is 33.1 Å². The Bertz CT molecular complexity index is 693. The van der Waals surface area contributed by atoms with E-state index in [9.17, 15) is 4.79 Å². The first-order valence-corrected chi connectivity index (χ1v) is 8.21. The van der Waals surface area contributed by atoms with Crippen molar-refractivity contribution < 1.29 is 4.79 Å². The molecule has 0 radical (unpaired) electrons. The summed E-state index contributed by atoms with van der Waals surface area (Å²) >= 11 is 0. The van der Waals surface area contributed by atoms with Gasteiger partial charge in [-0.3, -0.25) is 4.79 Å². The van der Waals surface area contributed by atoms with Crippen molar-refractivity contribution in [3.63, 3.8) is 0 Å². The average Bonchev–Trinajstić information content (AvgIpc) is 2.55. The molecular formula is C22H22O. The number of carbonyl (C=O) groups is 1. The maximum absolute atomic E-state index is 12.7. The number of carbonyl (C=O) groups excluding carboxylic acids is 1. The van der Waals surface area contributed by atoms with E-state index in [0.717, 1.165) is 41.5 Å². The molecule has 0 aliphatic heterocycles. The van der Waals surface area contributed by atoms with Gasteiger partial charge in [-0.25, -0.2) is 0 Å². The van der Waals surface area contributed by atoms with Gasteiger partial charge in [0.2, 0.25) is 0 Å². The zero-order chi connectivity index (χ0) is 16.2. The van der Waals surface area contributed by atoms with E-state index in [-0.39, 0.29) is 5.78 Å². The topological polar surface area (TPSA) is 17.1 Å². The van der Waals surface area contributed by atoms with Gasteiger partial charge in [-0.1, -0.05) is 59.7 Å². The second-order valence-electron chi connectivity index (χ2n) is 6.34. The molecule has 0 aromatic heterocycles. The number of benzene rings is 2. The molecule has 0 unspecified atom stereocenters. The minimum Gasteiger partial charge on any atom is -0.289 e. The third-order valence-corrected chi connectivity index (χ3v) is 4.31. The summed E-state index contributed by atoms with van der Waals surface area (Å²) in [7, 11) is 0. The fraction of sp³-hybridized carbons (Fsp3) is 0.227. The molecule has 0 amide bonds. The summed E-state index contributed by atoms with van der Waals surface area (Å²) in [5, 5.41) is 0. The Hall–Kier alpha value is -2.41. The van der Waals surface area contributed by atoms with Crippen LogP contribution in [-0.2, 0) is 4.79 Å². The standard InChI is InChI=1S/C22H22O/c1-16-6-10-18(11-7-16)14-20-4-3-5-21(22(20)23)15-19-12-8-17(2)9-13-19/h6-15H,3-5H2,1-2H3/b20-14+,21-15?. The zero-order valence-electron chi connectivity index (χ0n) is 13.8. The van der Waals surface area contributed by atoms with Gasteiger partial charge in [0.1, 0.15) is 0 Å². The Kier molecular flexibility index (Phi) is 4.57. The summed E-state index contributed by atoms with van der Waals surface area (Å²) in [5.41, 5.74) is 6.55. The van der Waals surface area contributed by atoms with E-state index in [1.54, 1.807) is 0 Å². The van der Waals surface area contributed by atoms with Crippen LogP contribution in [0.25, 0.3) is 12.2 Å². The van der Waals surface area contributed by atoms with Crippen LogP contribution >= 0.6 is 0 Å². The molecule has 1 heteroatoms. The highest BCUT2D eigenvalue weighted by atomic mass is 16.1. The molecule has 1 aliphatic rings. The van der Waals surface area contributed by atoms with Gasteiger partial charge in [0.15, 0.2) is 5.78 Å². The summed E-state index contributed by atoms with van der Waals surface area (Å²) in [6, 6.07) is 16.7. The molecule has 2 aromatic rings. The highest BCUT2D eigenvalue weighted by molar-refractivity contribution is 6.13. The monoisotopic (exact) mass is 302 g/mol. The highest BCUT2D eigenvalue weighted by Gasteiger charge is 2.20. The van der Waals surface area contributed by atoms with E-state index in [1.807, 2.05) is 12.2 Å². The molecule has 0 bridgehead atoms. The zero-order valence-corrected chi connectivity index (χ0v) is 13.8. The second-order valence-corrected chi connectivity index (χ2v) is 6.34. The summed E-state index contributed by atoms with van der Waals surface area (Å²) in [6.45, 7) is 4.15. The van der Waals surface area contributed by atoms with Crippen LogP contribution in [0, 0.1) is 13.8 Å². The van der Waals surface area contributed by atoms with Crippen LogP contribution in [0.2, 0.25) is 0 Å². The first-order chi connectivity index (χ1) is 11.1. The van der Waals surface area contributed by atoms with Crippen LogP contribution in [0.3, 0.4) is 0 Å². The molecule has 1 saturated carbocycles. The smallest absolute Gasteiger partial charge is 0.185 e. The SMILES string of the molecule is Cc1ccc(C=C2CCC/C(=C\c3ccc(C)cc3)C2=O)cc1. The molecule has 0 spiro atoms. The van der Waals surface area contributed by atoms with Crippen LogP contribution in [-0.4, -0.2) is 5.78 Å². The Morgan fingerprint density at radius 3 is 1.48 bits per heavy atom. The maximum Gasteiger partial charge on any atom is 0.185 e. The Labute approximate surface area is 138 Å². The molecule has 3 rings (SSSR count). The minimum atomic E-state index is 0.206. The molecule has 0 saturated heterocycles. The number of Topliss-reactive ketones (excluding diaryl/α,β-unsaturated/α-hetero) is 1. The van der Waals surface area contributed by atoms with Crippen molar-refractivity contribution in [1.29, 1.82) is 0 Å². The molecule has 2 aromatic carbocycles. The second kappa shape index (κ2) is 6.78. The van der Waals surface area contributed by atoms with Gasteiger partial charge < -0.3 is 0 Å². The largest absolute Gasteiger partial charge is 0.289 e. The quantitative estimate of drug-likeness (QED) is 0.667. The first-order valence-electron chi connectivity index (χ1n) is 8.21. The normalized spacial score (nSPS) is 18.6. The Morgan fingerprint density at radius 1 is 0.696 bits per heavy atom. The number of hydrogen-bond donors (Lipinski definition) is 0. The fourth-order valence-corrected chi connectivity index (χ4v) is 2.91. The average molecular weight is 302 g/mol. The van der Waals surface area contributed by atoms with E-state index in [2.05, 4.69) is 62.4 Å². The van der Waals surface area contributed by atoms with Crippen LogP contribution in [0.15, 0.2) is 59.7 Å². The van der Waals surface area contributed by atoms with Crippen LogP contribution in [0.4, 0.5) is 0 Å². The number of aryl methyl sites for hydroxylation is 2. The molecule has 23 heavy (non-hydrogen) atoms. The van der Waals surface area contributed by atoms with Crippen molar-refractivity contribution in [1.82, 2.24) is 0 Å². The highest BCUT2D eigenvalue weighted by Crippen LogP contribution is 2.28. The number of allylic oxidation sites excluding steroid dienone is 2. The summed E-state index contributed by atoms with van der Waals surface area (Å²) in [5.74, 6) is 0.206. The molecule has 0 atom stereocenters. The Morgan fingerprint density at radius 2 is 1.09 bits per heavy atom. The van der Waals surface area contributed by atoms with Gasteiger partial charge in [0, 0.05) is 11.1 Å². The van der Waals surface area contributed by atoms with Crippen LogP contribution in [0.5, 0.6) is 0 Å². The number of hydrogen-bond acceptors (Lipinski definition) is 1. The van der Waals surface area contributed by atoms with Gasteiger partial charge in [-0.2, -0.15) is 0 Å². The van der Waals surface area contributed by atoms with E-state index in [1.165, 1.54) is 11.1 Å². The molecule has 116 valence electrons. The molecular weight excluding hydrogens is 280 g/mol. The maximum atomic E-state index is 12.7. The van der Waals surface area contributed by atoms with Gasteiger partial charge in [0.25, 0.3) is 0 Å². The fourth-order valence-electron chi connectivity index (χ4n) is 2.91. The lowest BCUT2D eigenvalue weighted by Gasteiger charge is -2.16. The lowest BCUT2D eigenvalue weighted by atomic mass is 9.87. The van der Waals surface area contributed by atoms with Gasteiger partial charge in [0.05, 0.1) is 0 Å². The predicted molar refractivity (Wildman–Crippen MR) is 97.2 cm³/mol. The number of rotatable bonds is 2. The Balaban J connectivity index is 1.86. The summed E-state index contributed by atoms with van der Waals surface area (Å²) in [6.07, 6.45) is 6.88. The van der Waals surface area contributed by atoms with Crippen molar-refractivity contribution in [2.24, 2.45) is 0 Å². The van der Waals surface area contributed by atoms with Crippen molar-refractivity contribution in [3.8, 4) is 0 Å². The molecule has 1 nitrogen and oxygen atoms in total. The van der Waals surface area contributed by atoms with Crippen molar-refractivity contribution >= 4 is 17.9 Å². The lowest BCUT2D eigenvalue weighted by molar-refractivity contribution is -0.112. The van der Waals surface area contributed by atoms with Gasteiger partial charge in [-0.15, -0.1) is 0 Å². The first kappa shape index (κ1) is 15.5. The molecule has 0 heterocycles. The summed E-state index contributed by atoms with van der Waals surface area (Å²) in [4.78, 5) is 12.7. The number of ketones is 1. The van der Waals surface area contributed by atoms with E-state index in [4.69, 9.17) is 0 Å². The molecule has 1 aliphatic carbocycles. The minimum absolute atomic E-state index is 0.206. The lowest BCUT2D eigenvalue weighted by Crippen LogP contribution is -2.12. The third-order valence-electron chi connectivity index (χ3n) is 4.31. The predicted octanol–water partition coefficient (Wildman–Crippen LogP) is 5.52. The van der Waals surface area contributed by atoms with Gasteiger partial charge >= 0.3 is 0 Å². The van der Waals surface area contributed by atoms with E-state index < -0.39 is 0 Å². The molecule has 1 fully saturated rings.